The SMILES string of the molecule is CCCCCNC(=O)CN1CCC([NH-])CC1.[Rb+]. The van der Waals surface area contributed by atoms with Crippen LogP contribution in [-0.2, 0) is 4.79 Å². The minimum Gasteiger partial charge on any atom is -0.675 e. The molecule has 4 nitrogen and oxygen atoms in total. The summed E-state index contributed by atoms with van der Waals surface area (Å²) in [5, 5.41) is 2.95. The van der Waals surface area contributed by atoms with E-state index in [1.165, 1.54) is 12.8 Å². The fourth-order valence-corrected chi connectivity index (χ4v) is 1.95. The van der Waals surface area contributed by atoms with Crippen molar-refractivity contribution >= 4 is 5.91 Å². The first-order chi connectivity index (χ1) is 7.72. The second-order valence-electron chi connectivity index (χ2n) is 4.61. The monoisotopic (exact) mass is 311 g/mol. The van der Waals surface area contributed by atoms with Crippen molar-refractivity contribution in [3.05, 3.63) is 5.73 Å². The zero-order chi connectivity index (χ0) is 11.8. The van der Waals surface area contributed by atoms with Gasteiger partial charge in [-0.25, -0.2) is 0 Å². The summed E-state index contributed by atoms with van der Waals surface area (Å²) in [6.45, 7) is 5.28. The molecular weight excluding hydrogens is 288 g/mol. The molecule has 2 N–H and O–H groups in total. The molecule has 0 aromatic heterocycles. The molecular formula is C12H24N3ORb. The molecule has 1 aliphatic rings. The smallest absolute Gasteiger partial charge is 0.675 e. The van der Waals surface area contributed by atoms with Gasteiger partial charge in [0.1, 0.15) is 0 Å². The van der Waals surface area contributed by atoms with Crippen LogP contribution in [0.15, 0.2) is 0 Å². The molecule has 1 saturated heterocycles. The van der Waals surface area contributed by atoms with Crippen molar-refractivity contribution in [2.45, 2.75) is 45.1 Å². The Hall–Kier alpha value is 1.20. The van der Waals surface area contributed by atoms with E-state index in [0.717, 1.165) is 38.9 Å². The predicted molar refractivity (Wildman–Crippen MR) is 66.3 cm³/mol. The summed E-state index contributed by atoms with van der Waals surface area (Å²) < 4.78 is 0. The van der Waals surface area contributed by atoms with Gasteiger partial charge in [0.2, 0.25) is 5.91 Å². The fourth-order valence-electron chi connectivity index (χ4n) is 1.95. The third-order valence-electron chi connectivity index (χ3n) is 3.06. The average Bonchev–Trinajstić information content (AvgIpc) is 2.28. The first kappa shape index (κ1) is 18.2. The van der Waals surface area contributed by atoms with Crippen LogP contribution in [0.2, 0.25) is 0 Å². The Morgan fingerprint density at radius 3 is 2.59 bits per heavy atom. The maximum absolute atomic E-state index is 11.6. The van der Waals surface area contributed by atoms with Crippen LogP contribution in [0.1, 0.15) is 39.0 Å². The third kappa shape index (κ3) is 8.84. The molecule has 0 radical (unpaired) electrons. The molecule has 0 aromatic carbocycles. The van der Waals surface area contributed by atoms with E-state index in [9.17, 15) is 4.79 Å². The maximum Gasteiger partial charge on any atom is 1.00 e. The van der Waals surface area contributed by atoms with Crippen LogP contribution >= 0.6 is 0 Å². The van der Waals surface area contributed by atoms with Crippen LogP contribution in [0.5, 0.6) is 0 Å². The van der Waals surface area contributed by atoms with Gasteiger partial charge in [0.15, 0.2) is 0 Å². The molecule has 0 spiro atoms. The Kier molecular flexibility index (Phi) is 11.8. The zero-order valence-corrected chi connectivity index (χ0v) is 16.2. The summed E-state index contributed by atoms with van der Waals surface area (Å²) >= 11 is 0. The molecule has 0 aliphatic carbocycles. The van der Waals surface area contributed by atoms with E-state index >= 15 is 0 Å². The molecule has 0 aromatic rings. The number of nitrogens with zero attached hydrogens (tertiary/aromatic N) is 1. The van der Waals surface area contributed by atoms with Crippen molar-refractivity contribution in [2.75, 3.05) is 26.2 Å². The largest absolute Gasteiger partial charge is 1.00 e. The molecule has 94 valence electrons. The molecule has 5 heteroatoms. The number of rotatable bonds is 6. The predicted octanol–water partition coefficient (Wildman–Crippen LogP) is -1.19. The van der Waals surface area contributed by atoms with Crippen LogP contribution < -0.4 is 63.5 Å². The molecule has 17 heavy (non-hydrogen) atoms. The Morgan fingerprint density at radius 1 is 1.35 bits per heavy atom. The van der Waals surface area contributed by atoms with E-state index in [-0.39, 0.29) is 70.1 Å². The first-order valence-corrected chi connectivity index (χ1v) is 6.42. The topological polar surface area (TPSA) is 56.1 Å². The van der Waals surface area contributed by atoms with Crippen molar-refractivity contribution < 1.29 is 63.0 Å². The molecule has 1 heterocycles. The van der Waals surface area contributed by atoms with Gasteiger partial charge in [-0.15, -0.1) is 6.04 Å². The summed E-state index contributed by atoms with van der Waals surface area (Å²) in [4.78, 5) is 13.7. The van der Waals surface area contributed by atoms with Crippen LogP contribution in [0.3, 0.4) is 0 Å². The number of carbonyl (C=O) groups is 1. The van der Waals surface area contributed by atoms with E-state index < -0.39 is 0 Å². The van der Waals surface area contributed by atoms with Gasteiger partial charge in [-0.1, -0.05) is 32.6 Å². The number of carbonyl (C=O) groups excluding carboxylic acids is 1. The Balaban J connectivity index is 0.00000256. The first-order valence-electron chi connectivity index (χ1n) is 6.42. The minimum atomic E-state index is 0. The Bertz CT molecular complexity index is 206. The number of likely N-dealkylation sites (tertiary alicyclic amines) is 1. The summed E-state index contributed by atoms with van der Waals surface area (Å²) in [7, 11) is 0. The van der Waals surface area contributed by atoms with Gasteiger partial charge in [0.25, 0.3) is 0 Å². The normalized spacial score (nSPS) is 17.5. The van der Waals surface area contributed by atoms with Crippen LogP contribution in [0, 0.1) is 0 Å². The molecule has 1 fully saturated rings. The van der Waals surface area contributed by atoms with Crippen molar-refractivity contribution in [3.8, 4) is 0 Å². The van der Waals surface area contributed by atoms with Crippen LogP contribution in [-0.4, -0.2) is 43.0 Å². The van der Waals surface area contributed by atoms with Gasteiger partial charge >= 0.3 is 58.2 Å². The number of hydrogen-bond donors (Lipinski definition) is 1. The van der Waals surface area contributed by atoms with E-state index in [0.29, 0.717) is 6.54 Å². The number of piperidine rings is 1. The molecule has 0 atom stereocenters. The molecule has 1 amide bonds. The van der Waals surface area contributed by atoms with Crippen molar-refractivity contribution in [3.63, 3.8) is 0 Å². The molecule has 1 rings (SSSR count). The van der Waals surface area contributed by atoms with E-state index in [2.05, 4.69) is 17.1 Å². The summed E-state index contributed by atoms with van der Waals surface area (Å²) in [5.74, 6) is 0.138. The quantitative estimate of drug-likeness (QED) is 0.628. The van der Waals surface area contributed by atoms with Gasteiger partial charge in [0.05, 0.1) is 6.54 Å². The van der Waals surface area contributed by atoms with Crippen molar-refractivity contribution in [1.82, 2.24) is 10.2 Å². The molecule has 0 unspecified atom stereocenters. The number of hydrogen-bond acceptors (Lipinski definition) is 2. The average molecular weight is 312 g/mol. The number of nitrogens with one attached hydrogen (secondary N) is 2. The fraction of sp³-hybridized carbons (Fsp3) is 0.917. The van der Waals surface area contributed by atoms with Crippen molar-refractivity contribution in [2.24, 2.45) is 0 Å². The summed E-state index contributed by atoms with van der Waals surface area (Å²) in [6, 6.07) is 0.0869. The minimum absolute atomic E-state index is 0. The van der Waals surface area contributed by atoms with E-state index in [1.54, 1.807) is 0 Å². The summed E-state index contributed by atoms with van der Waals surface area (Å²) in [5.41, 5.74) is 7.57. The standard InChI is InChI=1S/C12H24N3O.Rb/c1-2-3-4-7-14-12(16)10-15-8-5-11(13)6-9-15;/h11,13H,2-10H2,1H3,(H,14,16);/q-1;+1. The Morgan fingerprint density at radius 2 is 2.00 bits per heavy atom. The van der Waals surface area contributed by atoms with E-state index in [1.807, 2.05) is 0 Å². The van der Waals surface area contributed by atoms with Crippen molar-refractivity contribution in [1.29, 1.82) is 0 Å². The van der Waals surface area contributed by atoms with Gasteiger partial charge in [-0.3, -0.25) is 9.69 Å². The molecule has 0 bridgehead atoms. The third-order valence-corrected chi connectivity index (χ3v) is 3.06. The zero-order valence-electron chi connectivity index (χ0n) is 11.3. The van der Waals surface area contributed by atoms with Crippen LogP contribution in [0.4, 0.5) is 0 Å². The molecule has 0 saturated carbocycles. The second-order valence-corrected chi connectivity index (χ2v) is 4.61. The number of unbranched alkanes of at least 4 members (excludes halogenated alkanes) is 2. The maximum atomic E-state index is 11.6. The van der Waals surface area contributed by atoms with Gasteiger partial charge in [-0.2, -0.15) is 0 Å². The van der Waals surface area contributed by atoms with Crippen LogP contribution in [0.25, 0.3) is 5.73 Å². The van der Waals surface area contributed by atoms with Gasteiger partial charge in [-0.05, 0) is 19.5 Å². The molecule has 1 aliphatic heterocycles. The summed E-state index contributed by atoms with van der Waals surface area (Å²) in [6.07, 6.45) is 5.26. The van der Waals surface area contributed by atoms with Gasteiger partial charge < -0.3 is 11.1 Å². The Labute approximate surface area is 154 Å². The van der Waals surface area contributed by atoms with E-state index in [4.69, 9.17) is 5.73 Å². The second kappa shape index (κ2) is 11.1. The van der Waals surface area contributed by atoms with Gasteiger partial charge in [0, 0.05) is 6.54 Å². The number of amides is 1.